The van der Waals surface area contributed by atoms with Crippen molar-refractivity contribution < 1.29 is 22.9 Å². The Hall–Kier alpha value is -3.14. The zero-order valence-electron chi connectivity index (χ0n) is 19.1. The van der Waals surface area contributed by atoms with E-state index >= 15 is 0 Å². The lowest BCUT2D eigenvalue weighted by Crippen LogP contribution is -2.41. The molecule has 0 saturated heterocycles. The molecule has 1 atom stereocenters. The van der Waals surface area contributed by atoms with Crippen molar-refractivity contribution in [3.05, 3.63) is 63.7 Å². The number of ether oxygens (including phenoxy) is 1. The quantitative estimate of drug-likeness (QED) is 0.472. The number of nitrogens with zero attached hydrogens (tertiary/aromatic N) is 2. The van der Waals surface area contributed by atoms with Gasteiger partial charge in [0.1, 0.15) is 18.0 Å². The predicted octanol–water partition coefficient (Wildman–Crippen LogP) is 3.54. The van der Waals surface area contributed by atoms with E-state index in [1.807, 2.05) is 24.3 Å². The van der Waals surface area contributed by atoms with Crippen LogP contribution in [0.4, 0.5) is 11.4 Å². The molecule has 10 heteroatoms. The predicted molar refractivity (Wildman–Crippen MR) is 124 cm³/mol. The fourth-order valence-corrected chi connectivity index (χ4v) is 3.99. The first-order valence-corrected chi connectivity index (χ1v) is 11.8. The van der Waals surface area contributed by atoms with Crippen LogP contribution in [0, 0.1) is 10.1 Å². The minimum Gasteiger partial charge on any atom is -0.495 e. The number of rotatable bonds is 8. The van der Waals surface area contributed by atoms with Crippen LogP contribution in [-0.2, 0) is 20.2 Å². The number of carbonyl (C=O) groups excluding carboxylic acids is 1. The summed E-state index contributed by atoms with van der Waals surface area (Å²) in [5, 5.41) is 13.9. The summed E-state index contributed by atoms with van der Waals surface area (Å²) in [6, 6.07) is 11.0. The van der Waals surface area contributed by atoms with E-state index in [0.29, 0.717) is 0 Å². The Kier molecular flexibility index (Phi) is 7.50. The average molecular weight is 464 g/mol. The van der Waals surface area contributed by atoms with Crippen molar-refractivity contribution in [2.24, 2.45) is 0 Å². The minimum absolute atomic E-state index is 0.00163. The SMILES string of the molecule is COc1ccc([N+](=O)[O-])cc1N(CC(=O)N[C@H](C)c1ccc(C(C)(C)C)cc1)S(C)(=O)=O. The van der Waals surface area contributed by atoms with Gasteiger partial charge in [0.15, 0.2) is 0 Å². The maximum Gasteiger partial charge on any atom is 0.271 e. The number of carbonyl (C=O) groups is 1. The van der Waals surface area contributed by atoms with Gasteiger partial charge >= 0.3 is 0 Å². The number of non-ortho nitro benzene ring substituents is 1. The lowest BCUT2D eigenvalue weighted by molar-refractivity contribution is -0.384. The van der Waals surface area contributed by atoms with Crippen LogP contribution in [0.3, 0.4) is 0 Å². The highest BCUT2D eigenvalue weighted by molar-refractivity contribution is 7.92. The number of benzene rings is 2. The van der Waals surface area contributed by atoms with Gasteiger partial charge in [-0.3, -0.25) is 19.2 Å². The lowest BCUT2D eigenvalue weighted by atomic mass is 9.86. The van der Waals surface area contributed by atoms with Gasteiger partial charge < -0.3 is 10.1 Å². The van der Waals surface area contributed by atoms with Gasteiger partial charge in [-0.05, 0) is 29.5 Å². The van der Waals surface area contributed by atoms with Crippen molar-refractivity contribution in [1.29, 1.82) is 0 Å². The van der Waals surface area contributed by atoms with E-state index in [2.05, 4.69) is 26.1 Å². The maximum atomic E-state index is 12.7. The summed E-state index contributed by atoms with van der Waals surface area (Å²) in [6.07, 6.45) is 0.924. The van der Waals surface area contributed by atoms with Gasteiger partial charge in [-0.15, -0.1) is 0 Å². The van der Waals surface area contributed by atoms with Crippen molar-refractivity contribution >= 4 is 27.3 Å². The number of anilines is 1. The fraction of sp³-hybridized carbons (Fsp3) is 0.409. The molecule has 0 aromatic heterocycles. The highest BCUT2D eigenvalue weighted by atomic mass is 32.2. The molecular formula is C22H29N3O6S. The van der Waals surface area contributed by atoms with Crippen LogP contribution in [0.5, 0.6) is 5.75 Å². The normalized spacial score (nSPS) is 12.7. The molecule has 0 heterocycles. The summed E-state index contributed by atoms with van der Waals surface area (Å²) in [4.78, 5) is 23.2. The molecule has 2 aromatic carbocycles. The third kappa shape index (κ3) is 6.19. The Bertz CT molecular complexity index is 1090. The van der Waals surface area contributed by atoms with E-state index in [1.165, 1.54) is 19.2 Å². The zero-order valence-corrected chi connectivity index (χ0v) is 19.9. The molecule has 32 heavy (non-hydrogen) atoms. The molecule has 0 fully saturated rings. The highest BCUT2D eigenvalue weighted by Gasteiger charge is 2.27. The molecule has 0 spiro atoms. The number of nitrogens with one attached hydrogen (secondary N) is 1. The van der Waals surface area contributed by atoms with E-state index < -0.39 is 27.4 Å². The summed E-state index contributed by atoms with van der Waals surface area (Å²) in [6.45, 7) is 7.56. The highest BCUT2D eigenvalue weighted by Crippen LogP contribution is 2.33. The summed E-state index contributed by atoms with van der Waals surface area (Å²) in [7, 11) is -2.63. The second-order valence-electron chi connectivity index (χ2n) is 8.54. The monoisotopic (exact) mass is 463 g/mol. The summed E-state index contributed by atoms with van der Waals surface area (Å²) >= 11 is 0. The standard InChI is InChI=1S/C22H29N3O6S/c1-15(16-7-9-17(10-8-16)22(2,3)4)23-21(26)14-24(32(6,29)30)19-13-18(25(27)28)11-12-20(19)31-5/h7-13,15H,14H2,1-6H3,(H,23,26)/t15-/m1/s1. The van der Waals surface area contributed by atoms with Crippen LogP contribution in [-0.4, -0.2) is 39.2 Å². The molecule has 0 unspecified atom stereocenters. The van der Waals surface area contributed by atoms with Gasteiger partial charge in [-0.1, -0.05) is 45.0 Å². The van der Waals surface area contributed by atoms with Gasteiger partial charge in [0.05, 0.1) is 24.3 Å². The fourth-order valence-electron chi connectivity index (χ4n) is 3.14. The van der Waals surface area contributed by atoms with Crippen molar-refractivity contribution in [3.63, 3.8) is 0 Å². The molecule has 0 aliphatic rings. The van der Waals surface area contributed by atoms with Gasteiger partial charge in [0.2, 0.25) is 15.9 Å². The topological polar surface area (TPSA) is 119 Å². The lowest BCUT2D eigenvalue weighted by Gasteiger charge is -2.25. The largest absolute Gasteiger partial charge is 0.495 e. The number of nitro groups is 1. The molecule has 0 aliphatic carbocycles. The number of hydrogen-bond acceptors (Lipinski definition) is 6. The van der Waals surface area contributed by atoms with Crippen LogP contribution in [0.2, 0.25) is 0 Å². The van der Waals surface area contributed by atoms with Crippen LogP contribution < -0.4 is 14.4 Å². The van der Waals surface area contributed by atoms with Gasteiger partial charge in [0, 0.05) is 12.1 Å². The van der Waals surface area contributed by atoms with Gasteiger partial charge in [-0.2, -0.15) is 0 Å². The Labute approximate surface area is 188 Å². The van der Waals surface area contributed by atoms with Crippen LogP contribution in [0.25, 0.3) is 0 Å². The number of methoxy groups -OCH3 is 1. The molecule has 1 N–H and O–H groups in total. The first-order chi connectivity index (χ1) is 14.7. The molecule has 0 bridgehead atoms. The Morgan fingerprint density at radius 1 is 1.19 bits per heavy atom. The van der Waals surface area contributed by atoms with Crippen LogP contribution in [0.1, 0.15) is 44.9 Å². The van der Waals surface area contributed by atoms with Crippen LogP contribution >= 0.6 is 0 Å². The molecule has 0 aliphatic heterocycles. The Morgan fingerprint density at radius 3 is 2.25 bits per heavy atom. The number of hydrogen-bond donors (Lipinski definition) is 1. The van der Waals surface area contributed by atoms with E-state index in [9.17, 15) is 23.3 Å². The second kappa shape index (κ2) is 9.56. The molecule has 2 rings (SSSR count). The second-order valence-corrected chi connectivity index (χ2v) is 10.5. The summed E-state index contributed by atoms with van der Waals surface area (Å²) < 4.78 is 30.8. The third-order valence-corrected chi connectivity index (χ3v) is 6.11. The first kappa shape index (κ1) is 25.1. The molecule has 0 radical (unpaired) electrons. The molecular weight excluding hydrogens is 434 g/mol. The molecule has 2 aromatic rings. The van der Waals surface area contributed by atoms with E-state index in [-0.39, 0.29) is 28.6 Å². The van der Waals surface area contributed by atoms with E-state index in [1.54, 1.807) is 6.92 Å². The molecule has 0 saturated carbocycles. The third-order valence-electron chi connectivity index (χ3n) is 4.98. The maximum absolute atomic E-state index is 12.7. The van der Waals surface area contributed by atoms with E-state index in [0.717, 1.165) is 27.8 Å². The Balaban J connectivity index is 2.26. The minimum atomic E-state index is -3.94. The van der Waals surface area contributed by atoms with E-state index in [4.69, 9.17) is 4.74 Å². The van der Waals surface area contributed by atoms with Crippen molar-refractivity contribution in [2.45, 2.75) is 39.2 Å². The van der Waals surface area contributed by atoms with Gasteiger partial charge in [0.25, 0.3) is 5.69 Å². The smallest absolute Gasteiger partial charge is 0.271 e. The number of nitro benzene ring substituents is 1. The first-order valence-electron chi connectivity index (χ1n) is 9.94. The summed E-state index contributed by atoms with van der Waals surface area (Å²) in [5.74, 6) is -0.462. The molecule has 9 nitrogen and oxygen atoms in total. The summed E-state index contributed by atoms with van der Waals surface area (Å²) in [5.41, 5.74) is 1.62. The van der Waals surface area contributed by atoms with Crippen LogP contribution in [0.15, 0.2) is 42.5 Å². The number of amides is 1. The zero-order chi connectivity index (χ0) is 24.3. The van der Waals surface area contributed by atoms with Gasteiger partial charge in [-0.25, -0.2) is 8.42 Å². The number of sulfonamides is 1. The average Bonchev–Trinajstić information content (AvgIpc) is 2.70. The van der Waals surface area contributed by atoms with Crippen molar-refractivity contribution in [3.8, 4) is 5.75 Å². The molecule has 1 amide bonds. The van der Waals surface area contributed by atoms with Crippen molar-refractivity contribution in [1.82, 2.24) is 5.32 Å². The Morgan fingerprint density at radius 2 is 1.78 bits per heavy atom. The molecule has 174 valence electrons. The van der Waals surface area contributed by atoms with Crippen molar-refractivity contribution in [2.75, 3.05) is 24.2 Å².